The molecule has 4 aromatic rings. The first-order valence-corrected chi connectivity index (χ1v) is 9.44. The van der Waals surface area contributed by atoms with Gasteiger partial charge in [-0.2, -0.15) is 0 Å². The van der Waals surface area contributed by atoms with E-state index in [4.69, 9.17) is 4.74 Å². The SMILES string of the molecule is COc1cc(C=CC(=O)c2ccc(N=Cc3c[nH]c4ccccc34)cc2)ccc1O. The van der Waals surface area contributed by atoms with Crippen molar-refractivity contribution in [3.05, 3.63) is 95.7 Å². The van der Waals surface area contributed by atoms with Crippen LogP contribution in [0.3, 0.4) is 0 Å². The molecule has 0 aliphatic carbocycles. The van der Waals surface area contributed by atoms with Crippen LogP contribution < -0.4 is 4.74 Å². The number of allylic oxidation sites excluding steroid dienone is 1. The maximum atomic E-state index is 12.4. The largest absolute Gasteiger partial charge is 0.504 e. The van der Waals surface area contributed by atoms with Crippen LogP contribution in [-0.4, -0.2) is 29.2 Å². The second-order valence-electron chi connectivity index (χ2n) is 6.72. The van der Waals surface area contributed by atoms with Gasteiger partial charge in [0.2, 0.25) is 0 Å². The highest BCUT2D eigenvalue weighted by atomic mass is 16.5. The van der Waals surface area contributed by atoms with Crippen LogP contribution in [0.1, 0.15) is 21.5 Å². The zero-order valence-corrected chi connectivity index (χ0v) is 16.4. The van der Waals surface area contributed by atoms with Crippen molar-refractivity contribution >= 4 is 34.7 Å². The van der Waals surface area contributed by atoms with E-state index < -0.39 is 0 Å². The lowest BCUT2D eigenvalue weighted by Crippen LogP contribution is -1.93. The summed E-state index contributed by atoms with van der Waals surface area (Å²) < 4.78 is 5.08. The lowest BCUT2D eigenvalue weighted by Gasteiger charge is -2.03. The molecule has 0 saturated heterocycles. The van der Waals surface area contributed by atoms with E-state index in [1.54, 1.807) is 30.3 Å². The van der Waals surface area contributed by atoms with Crippen molar-refractivity contribution in [2.45, 2.75) is 0 Å². The number of aromatic amines is 1. The molecule has 3 aromatic carbocycles. The Hall–Kier alpha value is -4.12. The molecule has 5 heteroatoms. The van der Waals surface area contributed by atoms with Crippen molar-refractivity contribution in [3.8, 4) is 11.5 Å². The molecule has 0 aliphatic rings. The maximum Gasteiger partial charge on any atom is 0.185 e. The van der Waals surface area contributed by atoms with Gasteiger partial charge in [-0.3, -0.25) is 9.79 Å². The van der Waals surface area contributed by atoms with Crippen molar-refractivity contribution in [1.29, 1.82) is 0 Å². The summed E-state index contributed by atoms with van der Waals surface area (Å²) >= 11 is 0. The highest BCUT2D eigenvalue weighted by Crippen LogP contribution is 2.27. The molecule has 0 spiro atoms. The molecule has 0 atom stereocenters. The van der Waals surface area contributed by atoms with Crippen LogP contribution in [0.25, 0.3) is 17.0 Å². The van der Waals surface area contributed by atoms with E-state index in [0.29, 0.717) is 11.3 Å². The minimum absolute atomic E-state index is 0.0600. The number of benzene rings is 3. The van der Waals surface area contributed by atoms with Crippen LogP contribution in [0.2, 0.25) is 0 Å². The Kier molecular flexibility index (Phi) is 5.44. The summed E-state index contributed by atoms with van der Waals surface area (Å²) in [5, 5.41) is 10.8. The first-order valence-electron chi connectivity index (χ1n) is 9.44. The first-order chi connectivity index (χ1) is 14.6. The molecule has 5 nitrogen and oxygen atoms in total. The Morgan fingerprint density at radius 3 is 2.67 bits per heavy atom. The summed E-state index contributed by atoms with van der Waals surface area (Å²) in [6.45, 7) is 0. The molecule has 0 unspecified atom stereocenters. The molecule has 0 radical (unpaired) electrons. The normalized spacial score (nSPS) is 11.5. The predicted molar refractivity (Wildman–Crippen MR) is 120 cm³/mol. The zero-order chi connectivity index (χ0) is 20.9. The van der Waals surface area contributed by atoms with Gasteiger partial charge < -0.3 is 14.8 Å². The molecule has 4 rings (SSSR count). The number of aromatic nitrogens is 1. The first kappa shape index (κ1) is 19.2. The monoisotopic (exact) mass is 396 g/mol. The average Bonchev–Trinajstić information content (AvgIpc) is 3.20. The summed E-state index contributed by atoms with van der Waals surface area (Å²) in [6, 6.07) is 20.1. The topological polar surface area (TPSA) is 74.7 Å². The third-order valence-corrected chi connectivity index (χ3v) is 4.76. The van der Waals surface area contributed by atoms with E-state index in [-0.39, 0.29) is 11.5 Å². The van der Waals surface area contributed by atoms with Gasteiger partial charge >= 0.3 is 0 Å². The molecule has 0 aliphatic heterocycles. The number of hydrogen-bond donors (Lipinski definition) is 2. The number of methoxy groups -OCH3 is 1. The molecule has 0 amide bonds. The summed E-state index contributed by atoms with van der Waals surface area (Å²) in [7, 11) is 1.48. The van der Waals surface area contributed by atoms with E-state index in [2.05, 4.69) is 9.98 Å². The summed E-state index contributed by atoms with van der Waals surface area (Å²) in [6.07, 6.45) is 6.92. The predicted octanol–water partition coefficient (Wildman–Crippen LogP) is 5.53. The van der Waals surface area contributed by atoms with Crippen LogP contribution >= 0.6 is 0 Å². The Balaban J connectivity index is 1.46. The van der Waals surface area contributed by atoms with Crippen LogP contribution in [0, 0.1) is 0 Å². The molecule has 30 heavy (non-hydrogen) atoms. The Labute approximate surface area is 174 Å². The smallest absolute Gasteiger partial charge is 0.185 e. The van der Waals surface area contributed by atoms with Crippen molar-refractivity contribution in [3.63, 3.8) is 0 Å². The van der Waals surface area contributed by atoms with Crippen LogP contribution in [0.4, 0.5) is 5.69 Å². The number of aromatic hydroxyl groups is 1. The Bertz CT molecular complexity index is 1250. The minimum Gasteiger partial charge on any atom is -0.504 e. The summed E-state index contributed by atoms with van der Waals surface area (Å²) in [5.74, 6) is 0.306. The number of rotatable bonds is 6. The second kappa shape index (κ2) is 8.49. The fourth-order valence-corrected chi connectivity index (χ4v) is 3.12. The number of nitrogens with zero attached hydrogens (tertiary/aromatic N) is 1. The number of carbonyl (C=O) groups excluding carboxylic acids is 1. The van der Waals surface area contributed by atoms with Crippen LogP contribution in [0.15, 0.2) is 84.0 Å². The van der Waals surface area contributed by atoms with Gasteiger partial charge in [0.05, 0.1) is 12.8 Å². The number of ether oxygens (including phenoxy) is 1. The van der Waals surface area contributed by atoms with Crippen molar-refractivity contribution in [1.82, 2.24) is 4.98 Å². The third-order valence-electron chi connectivity index (χ3n) is 4.76. The van der Waals surface area contributed by atoms with Crippen molar-refractivity contribution in [2.24, 2.45) is 4.99 Å². The number of aliphatic imine (C=N–C) groups is 1. The standard InChI is InChI=1S/C25H20N2O3/c1-30-25-14-17(7-13-24(25)29)6-12-23(28)18-8-10-20(11-9-18)26-15-19-16-27-22-5-3-2-4-21(19)22/h2-16,27,29H,1H3. The lowest BCUT2D eigenvalue weighted by molar-refractivity contribution is 0.104. The number of ketones is 1. The molecular weight excluding hydrogens is 376 g/mol. The van der Waals surface area contributed by atoms with Gasteiger partial charge in [-0.05, 0) is 54.1 Å². The number of nitrogens with one attached hydrogen (secondary N) is 1. The van der Waals surface area contributed by atoms with Crippen LogP contribution in [0.5, 0.6) is 11.5 Å². The zero-order valence-electron chi connectivity index (χ0n) is 16.4. The van der Waals surface area contributed by atoms with E-state index in [1.807, 2.05) is 48.8 Å². The van der Waals surface area contributed by atoms with Crippen LogP contribution in [-0.2, 0) is 0 Å². The molecular formula is C25H20N2O3. The van der Waals surface area contributed by atoms with Gasteiger partial charge in [-0.25, -0.2) is 0 Å². The number of carbonyl (C=O) groups is 1. The molecule has 0 fully saturated rings. The fourth-order valence-electron chi connectivity index (χ4n) is 3.12. The molecule has 0 saturated carbocycles. The van der Waals surface area contributed by atoms with Gasteiger partial charge in [0.25, 0.3) is 0 Å². The number of H-pyrrole nitrogens is 1. The summed E-state index contributed by atoms with van der Waals surface area (Å²) in [5.41, 5.74) is 4.18. The number of phenols is 1. The van der Waals surface area contributed by atoms with Gasteiger partial charge in [0.1, 0.15) is 0 Å². The number of fused-ring (bicyclic) bond motifs is 1. The van der Waals surface area contributed by atoms with Gasteiger partial charge in [0, 0.05) is 34.4 Å². The highest BCUT2D eigenvalue weighted by Gasteiger charge is 2.04. The molecule has 1 heterocycles. The number of para-hydroxylation sites is 1. The van der Waals surface area contributed by atoms with E-state index in [0.717, 1.165) is 27.7 Å². The molecule has 2 N–H and O–H groups in total. The number of phenolic OH excluding ortho intramolecular Hbond substituents is 1. The van der Waals surface area contributed by atoms with E-state index >= 15 is 0 Å². The molecule has 148 valence electrons. The molecule has 1 aromatic heterocycles. The van der Waals surface area contributed by atoms with Gasteiger partial charge in [-0.1, -0.05) is 30.3 Å². The minimum atomic E-state index is -0.116. The fraction of sp³-hybridized carbons (Fsp3) is 0.0400. The van der Waals surface area contributed by atoms with Gasteiger partial charge in [-0.15, -0.1) is 0 Å². The maximum absolute atomic E-state index is 12.4. The Morgan fingerprint density at radius 2 is 1.87 bits per heavy atom. The second-order valence-corrected chi connectivity index (χ2v) is 6.72. The third kappa shape index (κ3) is 4.15. The quantitative estimate of drug-likeness (QED) is 0.256. The lowest BCUT2D eigenvalue weighted by atomic mass is 10.1. The van der Waals surface area contributed by atoms with Gasteiger partial charge in [0.15, 0.2) is 17.3 Å². The average molecular weight is 396 g/mol. The van der Waals surface area contributed by atoms with Crippen molar-refractivity contribution < 1.29 is 14.6 Å². The number of hydrogen-bond acceptors (Lipinski definition) is 4. The van der Waals surface area contributed by atoms with E-state index in [1.165, 1.54) is 19.3 Å². The molecule has 0 bridgehead atoms. The highest BCUT2D eigenvalue weighted by molar-refractivity contribution is 6.07. The van der Waals surface area contributed by atoms with E-state index in [9.17, 15) is 9.90 Å². The summed E-state index contributed by atoms with van der Waals surface area (Å²) in [4.78, 5) is 20.2. The van der Waals surface area contributed by atoms with Crippen molar-refractivity contribution in [2.75, 3.05) is 7.11 Å². The Morgan fingerprint density at radius 1 is 1.07 bits per heavy atom.